The zero-order chi connectivity index (χ0) is 38.2. The molecule has 0 aromatic heterocycles. The molecular weight excluding hydrogens is 699 g/mol. The van der Waals surface area contributed by atoms with Gasteiger partial charge < -0.3 is 16.0 Å². The molecule has 55 heavy (non-hydrogen) atoms. The summed E-state index contributed by atoms with van der Waals surface area (Å²) in [4.78, 5) is 97.9. The van der Waals surface area contributed by atoms with Crippen LogP contribution < -0.4 is 25.8 Å². The number of carbonyl (C=O) groups excluding carboxylic acids is 7. The molecule has 3 aliphatic carbocycles. The maximum atomic E-state index is 14.0. The number of rotatable bonds is 8. The van der Waals surface area contributed by atoms with Crippen LogP contribution in [0.2, 0.25) is 0 Å². The predicted octanol–water partition coefficient (Wildman–Crippen LogP) is 6.48. The monoisotopic (exact) mass is 743 g/mol. The predicted molar refractivity (Wildman–Crippen MR) is 205 cm³/mol. The third kappa shape index (κ3) is 7.17. The van der Waals surface area contributed by atoms with Gasteiger partial charge in [0.05, 0.1) is 33.6 Å². The van der Waals surface area contributed by atoms with Crippen molar-refractivity contribution >= 4 is 52.7 Å². The Kier molecular flexibility index (Phi) is 10.1. The highest BCUT2D eigenvalue weighted by molar-refractivity contribution is 6.37. The second-order valence-electron chi connectivity index (χ2n) is 15.6. The molecule has 0 unspecified atom stereocenters. The van der Waals surface area contributed by atoms with Crippen molar-refractivity contribution in [3.63, 3.8) is 0 Å². The van der Waals surface area contributed by atoms with Crippen molar-refractivity contribution in [2.45, 2.75) is 114 Å². The average Bonchev–Trinajstić information content (AvgIpc) is 3.61. The van der Waals surface area contributed by atoms with E-state index in [1.807, 2.05) is 0 Å². The molecule has 0 atom stereocenters. The van der Waals surface area contributed by atoms with Crippen LogP contribution in [0.1, 0.15) is 169 Å². The molecule has 8 rings (SSSR count). The zero-order valence-corrected chi connectivity index (χ0v) is 30.8. The minimum Gasteiger partial charge on any atom is -0.349 e. The van der Waals surface area contributed by atoms with E-state index in [-0.39, 0.29) is 80.3 Å². The van der Waals surface area contributed by atoms with E-state index in [0.29, 0.717) is 0 Å². The second-order valence-corrected chi connectivity index (χ2v) is 15.6. The maximum Gasteiger partial charge on any atom is 0.266 e. The van der Waals surface area contributed by atoms with Crippen molar-refractivity contribution in [1.29, 1.82) is 0 Å². The minimum atomic E-state index is -0.695. The number of benzene rings is 3. The number of nitrogens with one attached hydrogen (secondary N) is 3. The summed E-state index contributed by atoms with van der Waals surface area (Å²) >= 11 is 0. The maximum absolute atomic E-state index is 14.0. The Labute approximate surface area is 319 Å². The molecule has 3 saturated carbocycles. The van der Waals surface area contributed by atoms with Crippen molar-refractivity contribution in [2.75, 3.05) is 9.80 Å². The molecule has 12 heteroatoms. The lowest BCUT2D eigenvalue weighted by molar-refractivity contribution is 0.0911. The summed E-state index contributed by atoms with van der Waals surface area (Å²) in [6.07, 6.45) is 14.6. The highest BCUT2D eigenvalue weighted by Crippen LogP contribution is 2.36. The molecule has 2 heterocycles. The summed E-state index contributed by atoms with van der Waals surface area (Å²) < 4.78 is 0. The van der Waals surface area contributed by atoms with E-state index < -0.39 is 29.5 Å². The SMILES string of the molecule is O=C(NC1CCCCC1)c1cc(N2C(=O)c3ccc(C(=O)NC4CCCCC4)cc3C2=O)cc(N2C(=O)c3ccc(C(=O)NC4CCCCC4)cc3C2=O)c1. The topological polar surface area (TPSA) is 162 Å². The smallest absolute Gasteiger partial charge is 0.266 e. The molecule has 0 saturated heterocycles. The van der Waals surface area contributed by atoms with Gasteiger partial charge in [0.2, 0.25) is 0 Å². The van der Waals surface area contributed by atoms with Crippen LogP contribution in [0.4, 0.5) is 11.4 Å². The molecule has 3 aromatic carbocycles. The van der Waals surface area contributed by atoms with E-state index in [0.717, 1.165) is 106 Å². The molecule has 12 nitrogen and oxygen atoms in total. The minimum absolute atomic E-state index is 0.00481. The van der Waals surface area contributed by atoms with Crippen LogP contribution in [0.3, 0.4) is 0 Å². The molecule has 3 N–H and O–H groups in total. The van der Waals surface area contributed by atoms with E-state index in [2.05, 4.69) is 16.0 Å². The van der Waals surface area contributed by atoms with Crippen molar-refractivity contribution in [3.8, 4) is 0 Å². The first kappa shape index (κ1) is 36.3. The number of anilines is 2. The van der Waals surface area contributed by atoms with Gasteiger partial charge in [-0.15, -0.1) is 0 Å². The lowest BCUT2D eigenvalue weighted by atomic mass is 9.95. The number of amides is 7. The van der Waals surface area contributed by atoms with E-state index in [1.165, 1.54) is 54.6 Å². The summed E-state index contributed by atoms with van der Waals surface area (Å²) in [6.45, 7) is 0. The van der Waals surface area contributed by atoms with Crippen molar-refractivity contribution in [2.24, 2.45) is 0 Å². The molecule has 284 valence electrons. The summed E-state index contributed by atoms with van der Waals surface area (Å²) in [7, 11) is 0. The van der Waals surface area contributed by atoms with Gasteiger partial charge in [-0.05, 0) is 93.1 Å². The second kappa shape index (κ2) is 15.2. The van der Waals surface area contributed by atoms with Gasteiger partial charge in [-0.1, -0.05) is 57.8 Å². The molecule has 7 amide bonds. The van der Waals surface area contributed by atoms with Crippen molar-refractivity contribution in [3.05, 3.63) is 93.5 Å². The molecular formula is C43H45N5O7. The molecule has 0 bridgehead atoms. The fourth-order valence-corrected chi connectivity index (χ4v) is 8.76. The van der Waals surface area contributed by atoms with Gasteiger partial charge in [-0.2, -0.15) is 0 Å². The van der Waals surface area contributed by atoms with Crippen LogP contribution in [0.15, 0.2) is 54.6 Å². The molecule has 3 aromatic rings. The lowest BCUT2D eigenvalue weighted by Gasteiger charge is -2.24. The first-order valence-electron chi connectivity index (χ1n) is 19.8. The van der Waals surface area contributed by atoms with Gasteiger partial charge in [-0.25, -0.2) is 9.80 Å². The summed E-state index contributed by atoms with van der Waals surface area (Å²) in [5.41, 5.74) is 0.836. The first-order valence-corrected chi connectivity index (χ1v) is 19.8. The molecule has 2 aliphatic heterocycles. The number of nitrogens with zero attached hydrogens (tertiary/aromatic N) is 2. The quantitative estimate of drug-likeness (QED) is 0.223. The fourth-order valence-electron chi connectivity index (χ4n) is 8.76. The largest absolute Gasteiger partial charge is 0.349 e. The van der Waals surface area contributed by atoms with Gasteiger partial charge in [0.15, 0.2) is 0 Å². The molecule has 5 aliphatic rings. The van der Waals surface area contributed by atoms with Crippen LogP contribution in [0.5, 0.6) is 0 Å². The fraction of sp³-hybridized carbons (Fsp3) is 0.419. The van der Waals surface area contributed by atoms with Crippen LogP contribution in [-0.2, 0) is 0 Å². The zero-order valence-electron chi connectivity index (χ0n) is 30.8. The Morgan fingerprint density at radius 2 is 0.727 bits per heavy atom. The average molecular weight is 744 g/mol. The van der Waals surface area contributed by atoms with Gasteiger partial charge in [0.1, 0.15) is 0 Å². The number of hydrogen-bond acceptors (Lipinski definition) is 7. The Bertz CT molecular complexity index is 1980. The normalized spacial score (nSPS) is 19.3. The first-order chi connectivity index (χ1) is 26.7. The standard InChI is InChI=1S/C43H45N5O7/c49-37(44-28-10-4-1-5-11-28)25-16-18-33-35(22-25)42(54)47(40(33)52)31-20-27(39(51)46-30-14-8-3-9-15-30)21-32(24-31)48-41(53)34-19-17-26(23-36(34)43(48)55)38(50)45-29-12-6-2-7-13-29/h16-24,28-30H,1-15H2,(H,44,49)(H,45,50)(H,46,51). The van der Waals surface area contributed by atoms with Gasteiger partial charge >= 0.3 is 0 Å². The van der Waals surface area contributed by atoms with Gasteiger partial charge in [-0.3, -0.25) is 33.6 Å². The van der Waals surface area contributed by atoms with Crippen LogP contribution >= 0.6 is 0 Å². The number of carbonyl (C=O) groups is 7. The van der Waals surface area contributed by atoms with E-state index in [9.17, 15) is 33.6 Å². The highest BCUT2D eigenvalue weighted by Gasteiger charge is 2.41. The van der Waals surface area contributed by atoms with E-state index in [1.54, 1.807) is 0 Å². The third-order valence-corrected chi connectivity index (χ3v) is 11.8. The molecule has 0 spiro atoms. The highest BCUT2D eigenvalue weighted by atomic mass is 16.2. The van der Waals surface area contributed by atoms with Crippen molar-refractivity contribution in [1.82, 2.24) is 16.0 Å². The number of hydrogen-bond donors (Lipinski definition) is 3. The molecule has 0 radical (unpaired) electrons. The Balaban J connectivity index is 1.10. The van der Waals surface area contributed by atoms with E-state index >= 15 is 0 Å². The van der Waals surface area contributed by atoms with E-state index in [4.69, 9.17) is 0 Å². The summed E-state index contributed by atoms with van der Waals surface area (Å²) in [5, 5.41) is 9.14. The van der Waals surface area contributed by atoms with Crippen molar-refractivity contribution < 1.29 is 33.6 Å². The number of imide groups is 2. The van der Waals surface area contributed by atoms with Gasteiger partial charge in [0, 0.05) is 34.8 Å². The number of fused-ring (bicyclic) bond motifs is 2. The summed E-state index contributed by atoms with van der Waals surface area (Å²) in [5.74, 6) is -3.82. The van der Waals surface area contributed by atoms with Crippen LogP contribution in [0.25, 0.3) is 0 Å². The Morgan fingerprint density at radius 3 is 1.09 bits per heavy atom. The Morgan fingerprint density at radius 1 is 0.400 bits per heavy atom. The molecule has 3 fully saturated rings. The third-order valence-electron chi connectivity index (χ3n) is 11.8. The summed E-state index contributed by atoms with van der Waals surface area (Å²) in [6, 6.07) is 13.0. The van der Waals surface area contributed by atoms with Gasteiger partial charge in [0.25, 0.3) is 41.4 Å². The van der Waals surface area contributed by atoms with Crippen LogP contribution in [0, 0.1) is 0 Å². The lowest BCUT2D eigenvalue weighted by Crippen LogP contribution is -2.37. The van der Waals surface area contributed by atoms with Crippen LogP contribution in [-0.4, -0.2) is 59.5 Å². The Hall–Kier alpha value is -5.65.